The second kappa shape index (κ2) is 4.03. The zero-order valence-electron chi connectivity index (χ0n) is 11.1. The Bertz CT molecular complexity index is 767. The summed E-state index contributed by atoms with van der Waals surface area (Å²) in [6.07, 6.45) is 2.44. The maximum atomic E-state index is 9.44. The third kappa shape index (κ3) is 1.57. The van der Waals surface area contributed by atoms with E-state index in [0.717, 1.165) is 46.0 Å². The van der Waals surface area contributed by atoms with Crippen molar-refractivity contribution in [2.24, 2.45) is 0 Å². The van der Waals surface area contributed by atoms with Crippen molar-refractivity contribution in [2.75, 3.05) is 6.61 Å². The van der Waals surface area contributed by atoms with Gasteiger partial charge in [-0.25, -0.2) is 4.98 Å². The van der Waals surface area contributed by atoms with E-state index in [9.17, 15) is 5.26 Å². The van der Waals surface area contributed by atoms with Gasteiger partial charge in [0.05, 0.1) is 18.2 Å². The Balaban J connectivity index is 1.99. The average molecular weight is 329 g/mol. The highest BCUT2D eigenvalue weighted by Crippen LogP contribution is 2.52. The van der Waals surface area contributed by atoms with E-state index in [1.54, 1.807) is 0 Å². The van der Waals surface area contributed by atoms with Crippen molar-refractivity contribution in [3.8, 4) is 6.07 Å². The standard InChI is InChI=1S/C16H13BrN2O/c1-9-2-13(17)11-4-12(15(7-18)19-14(11)3-9)16-5-10(6-16)20-8-16/h2-4,10H,5-6,8H2,1H3. The third-order valence-electron chi connectivity index (χ3n) is 4.54. The number of rotatable bonds is 1. The predicted molar refractivity (Wildman–Crippen MR) is 79.5 cm³/mol. The van der Waals surface area contributed by atoms with E-state index in [1.165, 1.54) is 0 Å². The van der Waals surface area contributed by atoms with Crippen LogP contribution in [0.1, 0.15) is 29.7 Å². The van der Waals surface area contributed by atoms with Crippen LogP contribution < -0.4 is 0 Å². The molecule has 1 aliphatic carbocycles. The van der Waals surface area contributed by atoms with Crippen molar-refractivity contribution < 1.29 is 4.74 Å². The minimum Gasteiger partial charge on any atom is -0.377 e. The molecule has 4 heteroatoms. The van der Waals surface area contributed by atoms with Crippen LogP contribution in [-0.2, 0) is 10.2 Å². The number of fused-ring (bicyclic) bond motifs is 2. The second-order valence-electron chi connectivity index (χ2n) is 5.93. The van der Waals surface area contributed by atoms with Gasteiger partial charge >= 0.3 is 0 Å². The zero-order valence-corrected chi connectivity index (χ0v) is 12.7. The van der Waals surface area contributed by atoms with Gasteiger partial charge in [-0.05, 0) is 49.1 Å². The molecule has 0 amide bonds. The first-order valence-corrected chi connectivity index (χ1v) is 7.54. The molecule has 0 radical (unpaired) electrons. The van der Waals surface area contributed by atoms with E-state index in [1.807, 2.05) is 13.0 Å². The smallest absolute Gasteiger partial charge is 0.145 e. The number of halogens is 1. The van der Waals surface area contributed by atoms with Crippen molar-refractivity contribution in [2.45, 2.75) is 31.3 Å². The molecule has 0 N–H and O–H groups in total. The van der Waals surface area contributed by atoms with E-state index in [4.69, 9.17) is 4.74 Å². The van der Waals surface area contributed by atoms with Gasteiger partial charge in [0.15, 0.2) is 0 Å². The molecule has 3 fully saturated rings. The van der Waals surface area contributed by atoms with Crippen molar-refractivity contribution in [3.05, 3.63) is 39.5 Å². The van der Waals surface area contributed by atoms with Gasteiger partial charge in [0.2, 0.25) is 0 Å². The summed E-state index contributed by atoms with van der Waals surface area (Å²) in [4.78, 5) is 4.58. The molecule has 2 saturated heterocycles. The summed E-state index contributed by atoms with van der Waals surface area (Å²) in [7, 11) is 0. The van der Waals surface area contributed by atoms with Crippen LogP contribution in [0.4, 0.5) is 0 Å². The highest BCUT2D eigenvalue weighted by molar-refractivity contribution is 9.10. The van der Waals surface area contributed by atoms with E-state index < -0.39 is 0 Å². The predicted octanol–water partition coefficient (Wildman–Crippen LogP) is 3.61. The van der Waals surface area contributed by atoms with Gasteiger partial charge in [-0.3, -0.25) is 0 Å². The molecule has 20 heavy (non-hydrogen) atoms. The molecule has 2 aromatic rings. The molecule has 5 rings (SSSR count). The van der Waals surface area contributed by atoms with Gasteiger partial charge in [0.25, 0.3) is 0 Å². The molecule has 2 bridgehead atoms. The lowest BCUT2D eigenvalue weighted by Gasteiger charge is -2.36. The SMILES string of the molecule is Cc1cc(Br)c2cc(C34COC(C3)C4)c(C#N)nc2c1. The van der Waals surface area contributed by atoms with Crippen LogP contribution in [0.5, 0.6) is 0 Å². The van der Waals surface area contributed by atoms with E-state index in [-0.39, 0.29) is 5.41 Å². The van der Waals surface area contributed by atoms with Gasteiger partial charge in [0, 0.05) is 15.3 Å². The first-order valence-electron chi connectivity index (χ1n) is 6.74. The van der Waals surface area contributed by atoms with Crippen LogP contribution in [0.15, 0.2) is 22.7 Å². The number of pyridine rings is 1. The fourth-order valence-corrected chi connectivity index (χ4v) is 4.15. The van der Waals surface area contributed by atoms with Crippen LogP contribution in [0, 0.1) is 18.3 Å². The van der Waals surface area contributed by atoms with Gasteiger partial charge in [-0.2, -0.15) is 5.26 Å². The van der Waals surface area contributed by atoms with E-state index in [0.29, 0.717) is 11.8 Å². The lowest BCUT2D eigenvalue weighted by Crippen LogP contribution is -2.38. The van der Waals surface area contributed by atoms with Crippen LogP contribution in [0.25, 0.3) is 10.9 Å². The van der Waals surface area contributed by atoms with Crippen molar-refractivity contribution in [1.29, 1.82) is 5.26 Å². The molecule has 3 aliphatic rings. The zero-order chi connectivity index (χ0) is 13.9. The number of aromatic nitrogens is 1. The van der Waals surface area contributed by atoms with Gasteiger partial charge in [0.1, 0.15) is 11.8 Å². The molecular formula is C16H13BrN2O. The fourth-order valence-electron chi connectivity index (χ4n) is 3.48. The topological polar surface area (TPSA) is 45.9 Å². The van der Waals surface area contributed by atoms with Crippen molar-refractivity contribution in [3.63, 3.8) is 0 Å². The average Bonchev–Trinajstić information content (AvgIpc) is 2.97. The Morgan fingerprint density at radius 1 is 1.40 bits per heavy atom. The number of nitriles is 1. The molecule has 1 saturated carbocycles. The first kappa shape index (κ1) is 12.3. The molecule has 0 spiro atoms. The summed E-state index contributed by atoms with van der Waals surface area (Å²) >= 11 is 3.61. The van der Waals surface area contributed by atoms with Crippen LogP contribution in [0.3, 0.4) is 0 Å². The summed E-state index contributed by atoms with van der Waals surface area (Å²) in [5.74, 6) is 0. The number of benzene rings is 1. The fraction of sp³-hybridized carbons (Fsp3) is 0.375. The van der Waals surface area contributed by atoms with Crippen LogP contribution >= 0.6 is 15.9 Å². The normalized spacial score (nSPS) is 27.4. The van der Waals surface area contributed by atoms with Crippen molar-refractivity contribution >= 4 is 26.8 Å². The summed E-state index contributed by atoms with van der Waals surface area (Å²) in [6, 6.07) is 8.52. The number of aryl methyl sites for hydroxylation is 1. The molecule has 3 heterocycles. The number of ether oxygens (including phenoxy) is 1. The Labute approximate surface area is 125 Å². The van der Waals surface area contributed by atoms with Crippen LogP contribution in [0.2, 0.25) is 0 Å². The highest BCUT2D eigenvalue weighted by Gasteiger charge is 2.54. The minimum absolute atomic E-state index is 0.0290. The molecule has 2 aliphatic heterocycles. The Morgan fingerprint density at radius 3 is 2.85 bits per heavy atom. The summed E-state index contributed by atoms with van der Waals surface area (Å²) in [6.45, 7) is 2.76. The largest absolute Gasteiger partial charge is 0.377 e. The molecule has 100 valence electrons. The van der Waals surface area contributed by atoms with Gasteiger partial charge in [-0.1, -0.05) is 15.9 Å². The molecule has 0 atom stereocenters. The highest BCUT2D eigenvalue weighted by atomic mass is 79.9. The summed E-state index contributed by atoms with van der Waals surface area (Å²) < 4.78 is 6.74. The lowest BCUT2D eigenvalue weighted by molar-refractivity contribution is 0.123. The monoisotopic (exact) mass is 328 g/mol. The maximum Gasteiger partial charge on any atom is 0.145 e. The maximum absolute atomic E-state index is 9.44. The third-order valence-corrected chi connectivity index (χ3v) is 5.19. The minimum atomic E-state index is 0.0290. The molecule has 0 unspecified atom stereocenters. The van der Waals surface area contributed by atoms with Gasteiger partial charge < -0.3 is 4.74 Å². The quantitative estimate of drug-likeness (QED) is 0.803. The molecule has 1 aromatic carbocycles. The lowest BCUT2D eigenvalue weighted by atomic mass is 9.65. The number of nitrogens with zero attached hydrogens (tertiary/aromatic N) is 2. The number of hydrogen-bond acceptors (Lipinski definition) is 3. The Morgan fingerprint density at radius 2 is 2.20 bits per heavy atom. The van der Waals surface area contributed by atoms with E-state index >= 15 is 0 Å². The molecule has 3 nitrogen and oxygen atoms in total. The Hall–Kier alpha value is -1.44. The van der Waals surface area contributed by atoms with Crippen LogP contribution in [-0.4, -0.2) is 17.7 Å². The molecular weight excluding hydrogens is 316 g/mol. The summed E-state index contributed by atoms with van der Waals surface area (Å²) in [5, 5.41) is 10.5. The second-order valence-corrected chi connectivity index (χ2v) is 6.79. The van der Waals surface area contributed by atoms with Gasteiger partial charge in [-0.15, -0.1) is 0 Å². The van der Waals surface area contributed by atoms with E-state index in [2.05, 4.69) is 39.1 Å². The van der Waals surface area contributed by atoms with Crippen molar-refractivity contribution in [1.82, 2.24) is 4.98 Å². The Kier molecular flexibility index (Phi) is 2.48. The first-order chi connectivity index (χ1) is 9.61. The number of hydrogen-bond donors (Lipinski definition) is 0. The molecule has 1 aromatic heterocycles. The summed E-state index contributed by atoms with van der Waals surface area (Å²) in [5.41, 5.74) is 3.66.